The lowest BCUT2D eigenvalue weighted by Crippen LogP contribution is -2.46. The normalized spacial score (nSPS) is 21.2. The number of rotatable bonds is 7. The summed E-state index contributed by atoms with van der Waals surface area (Å²) in [7, 11) is 0. The summed E-state index contributed by atoms with van der Waals surface area (Å²) >= 11 is 0. The number of likely N-dealkylation sites (tertiary alicyclic amines) is 1. The molecule has 0 bridgehead atoms. The summed E-state index contributed by atoms with van der Waals surface area (Å²) in [6.45, 7) is 6.60. The average Bonchev–Trinajstić information content (AvgIpc) is 2.91. The van der Waals surface area contributed by atoms with E-state index in [0.29, 0.717) is 26.2 Å². The third-order valence-electron chi connectivity index (χ3n) is 4.51. The van der Waals surface area contributed by atoms with Crippen LogP contribution in [0.15, 0.2) is 0 Å². The Hall–Kier alpha value is -0.530. The smallest absolute Gasteiger partial charge is 0.341 e. The highest BCUT2D eigenvalue weighted by Crippen LogP contribution is 2.22. The number of carbonyl (C=O) groups excluding carboxylic acids is 1. The van der Waals surface area contributed by atoms with Gasteiger partial charge in [-0.3, -0.25) is 9.69 Å². The van der Waals surface area contributed by atoms with Gasteiger partial charge in [-0.15, -0.1) is 12.4 Å². The minimum absolute atomic E-state index is 0. The average molecular weight is 360 g/mol. The number of alkyl halides is 3. The molecule has 0 radical (unpaired) electrons. The van der Waals surface area contributed by atoms with Crippen LogP contribution >= 0.6 is 12.4 Å². The predicted octanol–water partition coefficient (Wildman–Crippen LogP) is 2.51. The van der Waals surface area contributed by atoms with Crippen LogP contribution in [0.3, 0.4) is 0 Å². The van der Waals surface area contributed by atoms with Crippen molar-refractivity contribution in [3.63, 3.8) is 0 Å². The Morgan fingerprint density at radius 3 is 2.48 bits per heavy atom. The van der Waals surface area contributed by atoms with Gasteiger partial charge in [0, 0.05) is 19.6 Å². The standard InChI is InChI=1S/C15H28F3N3O.ClH/c1-4-11(3)13(19)14(22)21-7-6-12(9-21)8-20(5-2)10-15(16,17)18;/h11-13H,4-10,19H2,1-3H3;1H. The third kappa shape index (κ3) is 7.27. The van der Waals surface area contributed by atoms with E-state index < -0.39 is 18.8 Å². The highest BCUT2D eigenvalue weighted by Gasteiger charge is 2.34. The van der Waals surface area contributed by atoms with Crippen molar-refractivity contribution in [2.75, 3.05) is 32.7 Å². The summed E-state index contributed by atoms with van der Waals surface area (Å²) < 4.78 is 37.4. The second-order valence-electron chi connectivity index (χ2n) is 6.29. The van der Waals surface area contributed by atoms with Crippen LogP contribution in [0, 0.1) is 11.8 Å². The number of halogens is 4. The van der Waals surface area contributed by atoms with Crippen molar-refractivity contribution >= 4 is 18.3 Å². The Morgan fingerprint density at radius 2 is 2.00 bits per heavy atom. The fourth-order valence-corrected chi connectivity index (χ4v) is 2.81. The molecule has 0 saturated carbocycles. The molecular formula is C15H29ClF3N3O. The molecule has 8 heteroatoms. The molecule has 0 aliphatic carbocycles. The van der Waals surface area contributed by atoms with Gasteiger partial charge in [-0.1, -0.05) is 27.2 Å². The second kappa shape index (κ2) is 9.69. The lowest BCUT2D eigenvalue weighted by atomic mass is 9.99. The Bertz CT molecular complexity index is 368. The zero-order valence-electron chi connectivity index (χ0n) is 14.1. The van der Waals surface area contributed by atoms with Crippen molar-refractivity contribution in [1.29, 1.82) is 0 Å². The van der Waals surface area contributed by atoms with E-state index >= 15 is 0 Å². The van der Waals surface area contributed by atoms with Crippen LogP contribution in [0.1, 0.15) is 33.6 Å². The van der Waals surface area contributed by atoms with Gasteiger partial charge in [0.05, 0.1) is 12.6 Å². The molecule has 0 aromatic heterocycles. The van der Waals surface area contributed by atoms with Gasteiger partial charge in [0.2, 0.25) is 5.91 Å². The van der Waals surface area contributed by atoms with E-state index in [1.165, 1.54) is 4.90 Å². The van der Waals surface area contributed by atoms with Crippen LogP contribution in [0.5, 0.6) is 0 Å². The molecule has 1 rings (SSSR count). The Balaban J connectivity index is 0.00000484. The maximum Gasteiger partial charge on any atom is 0.401 e. The van der Waals surface area contributed by atoms with Gasteiger partial charge in [0.25, 0.3) is 0 Å². The van der Waals surface area contributed by atoms with Crippen LogP contribution in [0.4, 0.5) is 13.2 Å². The van der Waals surface area contributed by atoms with Gasteiger partial charge in [-0.25, -0.2) is 0 Å². The first-order valence-corrected chi connectivity index (χ1v) is 8.01. The van der Waals surface area contributed by atoms with Crippen molar-refractivity contribution in [3.8, 4) is 0 Å². The van der Waals surface area contributed by atoms with E-state index in [1.54, 1.807) is 11.8 Å². The molecule has 0 aromatic carbocycles. The van der Waals surface area contributed by atoms with Crippen molar-refractivity contribution in [1.82, 2.24) is 9.80 Å². The number of amides is 1. The van der Waals surface area contributed by atoms with Gasteiger partial charge >= 0.3 is 6.18 Å². The molecule has 1 fully saturated rings. The van der Waals surface area contributed by atoms with E-state index in [0.717, 1.165) is 12.8 Å². The zero-order valence-corrected chi connectivity index (χ0v) is 14.9. The van der Waals surface area contributed by atoms with Gasteiger partial charge in [-0.2, -0.15) is 13.2 Å². The third-order valence-corrected chi connectivity index (χ3v) is 4.51. The first-order valence-electron chi connectivity index (χ1n) is 8.01. The number of nitrogens with two attached hydrogens (primary N) is 1. The van der Waals surface area contributed by atoms with E-state index in [-0.39, 0.29) is 30.2 Å². The zero-order chi connectivity index (χ0) is 16.9. The van der Waals surface area contributed by atoms with Gasteiger partial charge < -0.3 is 10.6 Å². The van der Waals surface area contributed by atoms with Crippen LogP contribution in [-0.2, 0) is 4.79 Å². The summed E-state index contributed by atoms with van der Waals surface area (Å²) in [5.74, 6) is 0.134. The highest BCUT2D eigenvalue weighted by molar-refractivity contribution is 5.85. The minimum Gasteiger partial charge on any atom is -0.341 e. The van der Waals surface area contributed by atoms with Crippen LogP contribution in [0.2, 0.25) is 0 Å². The molecule has 1 amide bonds. The van der Waals surface area contributed by atoms with Crippen molar-refractivity contribution in [2.24, 2.45) is 17.6 Å². The summed E-state index contributed by atoms with van der Waals surface area (Å²) in [5, 5.41) is 0. The van der Waals surface area contributed by atoms with Crippen molar-refractivity contribution in [3.05, 3.63) is 0 Å². The summed E-state index contributed by atoms with van der Waals surface area (Å²) in [6, 6.07) is -0.513. The van der Waals surface area contributed by atoms with Crippen molar-refractivity contribution in [2.45, 2.75) is 45.8 Å². The molecule has 0 spiro atoms. The van der Waals surface area contributed by atoms with Crippen molar-refractivity contribution < 1.29 is 18.0 Å². The van der Waals surface area contributed by atoms with Gasteiger partial charge in [0.1, 0.15) is 0 Å². The number of hydrogen-bond acceptors (Lipinski definition) is 3. The molecule has 2 N–H and O–H groups in total. The molecule has 4 nitrogen and oxygen atoms in total. The molecule has 138 valence electrons. The maximum absolute atomic E-state index is 12.5. The second-order valence-corrected chi connectivity index (χ2v) is 6.29. The van der Waals surface area contributed by atoms with E-state index in [2.05, 4.69) is 0 Å². The Labute approximate surface area is 143 Å². The molecule has 1 heterocycles. The number of nitrogens with zero attached hydrogens (tertiary/aromatic N) is 2. The fraction of sp³-hybridized carbons (Fsp3) is 0.933. The maximum atomic E-state index is 12.5. The van der Waals surface area contributed by atoms with E-state index in [1.807, 2.05) is 13.8 Å². The van der Waals surface area contributed by atoms with Gasteiger partial charge in [-0.05, 0) is 24.8 Å². The Kier molecular flexibility index (Phi) is 9.47. The Morgan fingerprint density at radius 1 is 1.39 bits per heavy atom. The largest absolute Gasteiger partial charge is 0.401 e. The molecule has 3 atom stereocenters. The van der Waals surface area contributed by atoms with E-state index in [9.17, 15) is 18.0 Å². The summed E-state index contributed by atoms with van der Waals surface area (Å²) in [4.78, 5) is 15.4. The molecule has 0 aromatic rings. The molecule has 1 saturated heterocycles. The molecule has 3 unspecified atom stereocenters. The molecular weight excluding hydrogens is 331 g/mol. The minimum atomic E-state index is -4.18. The highest BCUT2D eigenvalue weighted by atomic mass is 35.5. The molecule has 1 aliphatic rings. The van der Waals surface area contributed by atoms with Crippen LogP contribution in [0.25, 0.3) is 0 Å². The monoisotopic (exact) mass is 359 g/mol. The molecule has 23 heavy (non-hydrogen) atoms. The van der Waals surface area contributed by atoms with Crippen LogP contribution < -0.4 is 5.73 Å². The lowest BCUT2D eigenvalue weighted by molar-refractivity contribution is -0.146. The number of hydrogen-bond donors (Lipinski definition) is 1. The quantitative estimate of drug-likeness (QED) is 0.760. The fourth-order valence-electron chi connectivity index (χ4n) is 2.81. The summed E-state index contributed by atoms with van der Waals surface area (Å²) in [6.07, 6.45) is -2.60. The lowest BCUT2D eigenvalue weighted by Gasteiger charge is -2.26. The topological polar surface area (TPSA) is 49.6 Å². The SMILES string of the molecule is CCC(C)C(N)C(=O)N1CCC(CN(CC)CC(F)(F)F)C1.Cl. The first-order chi connectivity index (χ1) is 10.2. The van der Waals surface area contributed by atoms with E-state index in [4.69, 9.17) is 5.73 Å². The van der Waals surface area contributed by atoms with Gasteiger partial charge in [0.15, 0.2) is 0 Å². The number of carbonyl (C=O) groups is 1. The summed E-state index contributed by atoms with van der Waals surface area (Å²) in [5.41, 5.74) is 5.96. The first kappa shape index (κ1) is 22.5. The predicted molar refractivity (Wildman–Crippen MR) is 87.5 cm³/mol. The van der Waals surface area contributed by atoms with Crippen LogP contribution in [-0.4, -0.2) is 60.6 Å². The molecule has 1 aliphatic heterocycles.